The molecule has 0 spiro atoms. The van der Waals surface area contributed by atoms with E-state index in [1.54, 1.807) is 0 Å². The highest BCUT2D eigenvalue weighted by molar-refractivity contribution is 5.89. The van der Waals surface area contributed by atoms with Gasteiger partial charge >= 0.3 is 0 Å². The van der Waals surface area contributed by atoms with E-state index in [-0.39, 0.29) is 0 Å². The van der Waals surface area contributed by atoms with Crippen LogP contribution in [0.15, 0.2) is 24.0 Å². The lowest BCUT2D eigenvalue weighted by Gasteiger charge is -2.11. The van der Waals surface area contributed by atoms with Crippen molar-refractivity contribution >= 4 is 17.2 Å². The molecule has 1 aromatic carbocycles. The Bertz CT molecular complexity index is 993. The Labute approximate surface area is 136 Å². The normalized spacial score (nSPS) is 13.5. The summed E-state index contributed by atoms with van der Waals surface area (Å²) in [5, 5.41) is 0. The average molecular weight is 305 g/mol. The molecule has 0 unspecified atom stereocenters. The molecule has 4 nitrogen and oxygen atoms in total. The van der Waals surface area contributed by atoms with Gasteiger partial charge in [-0.05, 0) is 43.5 Å². The van der Waals surface area contributed by atoms with Gasteiger partial charge in [-0.15, -0.1) is 0 Å². The van der Waals surface area contributed by atoms with E-state index in [0.717, 1.165) is 23.5 Å². The molecule has 3 heterocycles. The SMILES string of the molecule is CC1=Cn2c(nc3cc(-c4cc(C)nc[n+]4C)c(C)c(C)c32)C1. The van der Waals surface area contributed by atoms with Crippen molar-refractivity contribution in [3.63, 3.8) is 0 Å². The third kappa shape index (κ3) is 2.01. The van der Waals surface area contributed by atoms with Crippen LogP contribution < -0.4 is 4.57 Å². The molecule has 0 atom stereocenters. The number of rotatable bonds is 1. The second-order valence-electron chi connectivity index (χ2n) is 6.62. The molecule has 4 heteroatoms. The molecule has 116 valence electrons. The molecule has 4 rings (SSSR count). The fraction of sp³-hybridized carbons (Fsp3) is 0.316. The molecule has 0 bridgehead atoms. The molecule has 0 amide bonds. The van der Waals surface area contributed by atoms with Gasteiger partial charge in [0.25, 0.3) is 6.33 Å². The summed E-state index contributed by atoms with van der Waals surface area (Å²) in [5.74, 6) is 1.15. The zero-order valence-electron chi connectivity index (χ0n) is 14.3. The highest BCUT2D eigenvalue weighted by atomic mass is 15.1. The van der Waals surface area contributed by atoms with Crippen molar-refractivity contribution in [3.8, 4) is 11.3 Å². The molecular weight excluding hydrogens is 284 g/mol. The average Bonchev–Trinajstić information content (AvgIpc) is 3.01. The van der Waals surface area contributed by atoms with Crippen LogP contribution in [0.25, 0.3) is 28.5 Å². The van der Waals surface area contributed by atoms with E-state index in [1.165, 1.54) is 33.5 Å². The van der Waals surface area contributed by atoms with E-state index in [9.17, 15) is 0 Å². The number of fused-ring (bicyclic) bond motifs is 3. The smallest absolute Gasteiger partial charge is 0.286 e. The number of benzene rings is 1. The highest BCUT2D eigenvalue weighted by Gasteiger charge is 2.21. The summed E-state index contributed by atoms with van der Waals surface area (Å²) in [4.78, 5) is 9.23. The maximum atomic E-state index is 4.87. The summed E-state index contributed by atoms with van der Waals surface area (Å²) in [5.41, 5.74) is 9.74. The lowest BCUT2D eigenvalue weighted by Crippen LogP contribution is -2.31. The molecule has 0 fully saturated rings. The standard InChI is InChI=1S/C19H21N4/c1-11-6-18-21-16-8-15(17-7-12(2)20-10-22(17)5)13(3)14(4)19(16)23(18)9-11/h7-10H,6H2,1-5H3/q+1. The minimum absolute atomic E-state index is 0.949. The van der Waals surface area contributed by atoms with Crippen molar-refractivity contribution in [2.24, 2.45) is 7.05 Å². The van der Waals surface area contributed by atoms with Gasteiger partial charge in [-0.1, -0.05) is 4.98 Å². The number of hydrogen-bond donors (Lipinski definition) is 0. The van der Waals surface area contributed by atoms with Gasteiger partial charge < -0.3 is 4.57 Å². The van der Waals surface area contributed by atoms with Gasteiger partial charge in [-0.2, -0.15) is 0 Å². The fourth-order valence-electron chi connectivity index (χ4n) is 3.49. The molecule has 0 saturated carbocycles. The van der Waals surface area contributed by atoms with E-state index >= 15 is 0 Å². The molecule has 0 saturated heterocycles. The molecular formula is C19H21N4+. The lowest BCUT2D eigenvalue weighted by molar-refractivity contribution is -0.663. The van der Waals surface area contributed by atoms with E-state index in [0.29, 0.717) is 0 Å². The van der Waals surface area contributed by atoms with Gasteiger partial charge in [-0.25, -0.2) is 9.55 Å². The molecule has 23 heavy (non-hydrogen) atoms. The van der Waals surface area contributed by atoms with Crippen LogP contribution in [0.4, 0.5) is 0 Å². The van der Waals surface area contributed by atoms with Crippen molar-refractivity contribution < 1.29 is 4.57 Å². The summed E-state index contributed by atoms with van der Waals surface area (Å²) in [6.07, 6.45) is 5.04. The zero-order chi connectivity index (χ0) is 16.3. The third-order valence-electron chi connectivity index (χ3n) is 4.84. The fourth-order valence-corrected chi connectivity index (χ4v) is 3.49. The first-order valence-electron chi connectivity index (χ1n) is 7.96. The number of allylic oxidation sites excluding steroid dienone is 1. The van der Waals surface area contributed by atoms with Crippen molar-refractivity contribution in [2.45, 2.75) is 34.1 Å². The Morgan fingerprint density at radius 2 is 1.87 bits per heavy atom. The van der Waals surface area contributed by atoms with E-state index < -0.39 is 0 Å². The van der Waals surface area contributed by atoms with Crippen molar-refractivity contribution in [1.29, 1.82) is 0 Å². The predicted molar refractivity (Wildman–Crippen MR) is 92.0 cm³/mol. The number of aromatic nitrogens is 4. The van der Waals surface area contributed by atoms with Crippen LogP contribution >= 0.6 is 0 Å². The molecule has 0 N–H and O–H groups in total. The van der Waals surface area contributed by atoms with Crippen molar-refractivity contribution in [2.75, 3.05) is 0 Å². The second kappa shape index (κ2) is 4.75. The summed E-state index contributed by atoms with van der Waals surface area (Å²) < 4.78 is 4.34. The summed E-state index contributed by atoms with van der Waals surface area (Å²) in [6, 6.07) is 4.36. The minimum atomic E-state index is 0.949. The van der Waals surface area contributed by atoms with Crippen LogP contribution in [0.5, 0.6) is 0 Å². The maximum absolute atomic E-state index is 4.87. The molecule has 1 aliphatic rings. The Hall–Kier alpha value is -2.49. The molecule has 3 aromatic rings. The van der Waals surface area contributed by atoms with Crippen LogP contribution in [0.3, 0.4) is 0 Å². The molecule has 0 radical (unpaired) electrons. The van der Waals surface area contributed by atoms with Gasteiger partial charge in [0, 0.05) is 31.2 Å². The Morgan fingerprint density at radius 1 is 1.09 bits per heavy atom. The molecule has 1 aliphatic heterocycles. The van der Waals surface area contributed by atoms with Crippen LogP contribution in [0, 0.1) is 20.8 Å². The summed E-state index contributed by atoms with van der Waals surface area (Å²) in [6.45, 7) is 8.59. The van der Waals surface area contributed by atoms with E-state index in [2.05, 4.69) is 53.2 Å². The molecule has 2 aromatic heterocycles. The predicted octanol–water partition coefficient (Wildman–Crippen LogP) is 3.26. The van der Waals surface area contributed by atoms with Crippen LogP contribution in [0.1, 0.15) is 29.6 Å². The van der Waals surface area contributed by atoms with Crippen molar-refractivity contribution in [3.05, 3.63) is 46.7 Å². The summed E-state index contributed by atoms with van der Waals surface area (Å²) >= 11 is 0. The Balaban J connectivity index is 2.04. The monoisotopic (exact) mass is 305 g/mol. The van der Waals surface area contributed by atoms with Gasteiger partial charge in [-0.3, -0.25) is 0 Å². The maximum Gasteiger partial charge on any atom is 0.286 e. The van der Waals surface area contributed by atoms with Crippen LogP contribution in [0.2, 0.25) is 0 Å². The largest absolute Gasteiger partial charge is 0.303 e. The van der Waals surface area contributed by atoms with Crippen molar-refractivity contribution in [1.82, 2.24) is 14.5 Å². The molecule has 0 aliphatic carbocycles. The van der Waals surface area contributed by atoms with E-state index in [1.807, 2.05) is 20.3 Å². The van der Waals surface area contributed by atoms with Gasteiger partial charge in [0.2, 0.25) is 0 Å². The Kier molecular flexibility index (Phi) is 2.92. The van der Waals surface area contributed by atoms with Gasteiger partial charge in [0.1, 0.15) is 11.5 Å². The van der Waals surface area contributed by atoms with Gasteiger partial charge in [0.15, 0.2) is 5.69 Å². The Morgan fingerprint density at radius 3 is 2.65 bits per heavy atom. The third-order valence-corrected chi connectivity index (χ3v) is 4.84. The first-order chi connectivity index (χ1) is 11.0. The van der Waals surface area contributed by atoms with Crippen LogP contribution in [-0.2, 0) is 13.5 Å². The number of nitrogens with zero attached hydrogens (tertiary/aromatic N) is 4. The minimum Gasteiger partial charge on any atom is -0.303 e. The van der Waals surface area contributed by atoms with E-state index in [4.69, 9.17) is 4.98 Å². The number of imidazole rings is 1. The first kappa shape index (κ1) is 14.1. The summed E-state index contributed by atoms with van der Waals surface area (Å²) in [7, 11) is 2.04. The van der Waals surface area contributed by atoms with Crippen LogP contribution in [-0.4, -0.2) is 14.5 Å². The van der Waals surface area contributed by atoms with Gasteiger partial charge in [0.05, 0.1) is 18.1 Å². The lowest BCUT2D eigenvalue weighted by atomic mass is 9.98. The number of hydrogen-bond acceptors (Lipinski definition) is 2. The topological polar surface area (TPSA) is 34.6 Å². The first-order valence-corrected chi connectivity index (χ1v) is 7.96. The number of aryl methyl sites for hydroxylation is 3. The quantitative estimate of drug-likeness (QED) is 0.647. The highest BCUT2D eigenvalue weighted by Crippen LogP contribution is 2.33. The zero-order valence-corrected chi connectivity index (χ0v) is 14.3. The second-order valence-corrected chi connectivity index (χ2v) is 6.62.